The zero-order chi connectivity index (χ0) is 66.5. The maximum absolute atomic E-state index is 15.7. The summed E-state index contributed by atoms with van der Waals surface area (Å²) in [6.07, 6.45) is 2.95. The van der Waals surface area contributed by atoms with Crippen molar-refractivity contribution in [3.05, 3.63) is 92.9 Å². The summed E-state index contributed by atoms with van der Waals surface area (Å²) in [5.41, 5.74) is 2.49. The topological polar surface area (TPSA) is 384 Å². The second-order valence-electron chi connectivity index (χ2n) is 24.8. The van der Waals surface area contributed by atoms with E-state index in [-0.39, 0.29) is 55.1 Å². The summed E-state index contributed by atoms with van der Waals surface area (Å²) >= 11 is 0. The molecule has 3 aromatic rings. The minimum absolute atomic E-state index is 0.0413. The third-order valence-corrected chi connectivity index (χ3v) is 19.1. The summed E-state index contributed by atoms with van der Waals surface area (Å²) in [7, 11) is 0. The molecule has 92 heavy (non-hydrogen) atoms. The number of fused-ring (bicyclic) bond motifs is 4. The summed E-state index contributed by atoms with van der Waals surface area (Å²) in [6, 6.07) is 4.90. The van der Waals surface area contributed by atoms with Crippen molar-refractivity contribution in [1.82, 2.24) is 47.1 Å². The standard InChI is InChI=1S/C65H78FN9O17/c1-6-64(5,7-2)41-24-52(80)75(61(41)86)47(26-67-44(62(87)88)18-19-53(81)82)59(84)70-27-49(77)68-29-51(79)72-46(20-33-12-10-9-11-13-33)58(83)69-28-50(78)71-31-92-57(34-14-15-34)60(85)74-43-17-16-36-32(4)42(66)25-45-54(36)55(43)38-21-35-22-48(76)39-30-91-63(89)65(90,8-3)40(39)23-37(35)56(38)73-45/h9-13,23,25,34-35,41,43-44,46-47,57,67,90H,6-8,14-22,24,26-31H2,1-5H3,(H,68,77)(H,69,83)(H,70,84)(H,71,78)(H,72,79)(H,74,85)(H,81,82)(H,87,88)/t35?,41?,43-,44?,46-,47-,57-,65-/m0/s1. The van der Waals surface area contributed by atoms with Crippen molar-refractivity contribution in [2.24, 2.45) is 23.2 Å². The van der Waals surface area contributed by atoms with Crippen LogP contribution in [-0.4, -0.2) is 165 Å². The van der Waals surface area contributed by atoms with Crippen molar-refractivity contribution in [2.45, 2.75) is 154 Å². The van der Waals surface area contributed by atoms with E-state index in [1.807, 2.05) is 20.8 Å². The zero-order valence-electron chi connectivity index (χ0n) is 51.9. The van der Waals surface area contributed by atoms with Crippen LogP contribution in [0, 0.1) is 35.9 Å². The predicted molar refractivity (Wildman–Crippen MR) is 324 cm³/mol. The molecule has 2 aliphatic heterocycles. The Hall–Kier alpha value is -8.82. The molecule has 0 spiro atoms. The number of pyridine rings is 1. The van der Waals surface area contributed by atoms with E-state index in [1.165, 1.54) is 6.07 Å². The minimum atomic E-state index is -2.06. The Morgan fingerprint density at radius 3 is 2.20 bits per heavy atom. The van der Waals surface area contributed by atoms with Gasteiger partial charge in [-0.2, -0.15) is 0 Å². The number of aromatic nitrogens is 1. The first-order chi connectivity index (χ1) is 43.8. The van der Waals surface area contributed by atoms with Crippen LogP contribution in [0.3, 0.4) is 0 Å². The Morgan fingerprint density at radius 2 is 1.53 bits per heavy atom. The summed E-state index contributed by atoms with van der Waals surface area (Å²) < 4.78 is 27.0. The number of esters is 1. The van der Waals surface area contributed by atoms with E-state index in [0.29, 0.717) is 78.2 Å². The largest absolute Gasteiger partial charge is 0.481 e. The molecule has 9 rings (SSSR count). The molecule has 1 saturated carbocycles. The van der Waals surface area contributed by atoms with Gasteiger partial charge in [0.25, 0.3) is 0 Å². The highest BCUT2D eigenvalue weighted by Crippen LogP contribution is 2.51. The van der Waals surface area contributed by atoms with E-state index in [4.69, 9.17) is 19.6 Å². The highest BCUT2D eigenvalue weighted by molar-refractivity contribution is 6.08. The smallest absolute Gasteiger partial charge is 0.343 e. The molecule has 1 saturated heterocycles. The summed E-state index contributed by atoms with van der Waals surface area (Å²) in [5.74, 6) is -11.8. The Balaban J connectivity index is 0.802. The highest BCUT2D eigenvalue weighted by atomic mass is 19.1. The lowest BCUT2D eigenvalue weighted by molar-refractivity contribution is -0.163. The number of benzene rings is 2. The number of cyclic esters (lactones) is 1. The van der Waals surface area contributed by atoms with Crippen molar-refractivity contribution < 1.29 is 86.7 Å². The number of carbonyl (C=O) groups excluding carboxylic acids is 10. The molecule has 8 atom stereocenters. The molecule has 2 aromatic carbocycles. The molecule has 0 bridgehead atoms. The lowest BCUT2D eigenvalue weighted by Gasteiger charge is -2.33. The number of nitrogens with one attached hydrogen (secondary N) is 7. The summed E-state index contributed by atoms with van der Waals surface area (Å²) in [6.45, 7) is 5.49. The fourth-order valence-electron chi connectivity index (χ4n) is 13.1. The number of ketones is 1. The first-order valence-corrected chi connectivity index (χ1v) is 31.2. The van der Waals surface area contributed by atoms with Crippen molar-refractivity contribution >= 4 is 87.4 Å². The third-order valence-electron chi connectivity index (χ3n) is 19.1. The maximum Gasteiger partial charge on any atom is 0.343 e. The van der Waals surface area contributed by atoms with Crippen LogP contribution in [-0.2, 0) is 86.3 Å². The van der Waals surface area contributed by atoms with Crippen LogP contribution in [0.4, 0.5) is 4.39 Å². The van der Waals surface area contributed by atoms with Gasteiger partial charge >= 0.3 is 17.9 Å². The van der Waals surface area contributed by atoms with Crippen molar-refractivity contribution in [3.8, 4) is 0 Å². The number of likely N-dealkylation sites (tertiary alicyclic amines) is 1. The number of ether oxygens (including phenoxy) is 2. The highest BCUT2D eigenvalue weighted by Gasteiger charge is 2.52. The number of carboxylic acid groups (broad SMARTS) is 2. The molecule has 26 nitrogen and oxygen atoms in total. The van der Waals surface area contributed by atoms with E-state index in [9.17, 15) is 67.7 Å². The molecule has 10 N–H and O–H groups in total. The Kier molecular flexibility index (Phi) is 20.8. The van der Waals surface area contributed by atoms with E-state index in [2.05, 4.69) is 37.2 Å². The molecule has 0 radical (unpaired) electrons. The number of Topliss-reactive ketones (excluding diaryl/α,β-unsaturated/α-hetero) is 1. The fraction of sp³-hybridized carbons (Fsp3) is 0.523. The van der Waals surface area contributed by atoms with Crippen LogP contribution >= 0.6 is 0 Å². The molecular formula is C65H78FN9O17. The summed E-state index contributed by atoms with van der Waals surface area (Å²) in [5, 5.41) is 49.3. The molecule has 27 heteroatoms. The molecule has 6 aliphatic rings. The first-order valence-electron chi connectivity index (χ1n) is 31.2. The van der Waals surface area contributed by atoms with Gasteiger partial charge in [0, 0.05) is 54.8 Å². The van der Waals surface area contributed by atoms with Gasteiger partial charge in [0.15, 0.2) is 11.4 Å². The Morgan fingerprint density at radius 1 is 0.848 bits per heavy atom. The molecule has 2 fully saturated rings. The van der Waals surface area contributed by atoms with Gasteiger partial charge in [-0.05, 0) is 121 Å². The van der Waals surface area contributed by atoms with E-state index < -0.39 is 170 Å². The van der Waals surface area contributed by atoms with Crippen LogP contribution < -0.4 is 37.2 Å². The lowest BCUT2D eigenvalue weighted by atomic mass is 9.72. The quantitative estimate of drug-likeness (QED) is 0.0269. The number of allylic oxidation sites excluding steroid dienone is 1. The van der Waals surface area contributed by atoms with Gasteiger partial charge in [-0.15, -0.1) is 0 Å². The van der Waals surface area contributed by atoms with Gasteiger partial charge in [0.2, 0.25) is 47.3 Å². The molecule has 492 valence electrons. The number of amides is 8. The van der Waals surface area contributed by atoms with Crippen molar-refractivity contribution in [1.29, 1.82) is 0 Å². The van der Waals surface area contributed by atoms with E-state index >= 15 is 4.39 Å². The monoisotopic (exact) mass is 1280 g/mol. The molecule has 8 amide bonds. The number of aliphatic hydroxyl groups is 1. The van der Waals surface area contributed by atoms with Gasteiger partial charge in [0.1, 0.15) is 43.4 Å². The first kappa shape index (κ1) is 67.6. The maximum atomic E-state index is 15.7. The second-order valence-corrected chi connectivity index (χ2v) is 24.8. The third kappa shape index (κ3) is 14.4. The number of aryl methyl sites for hydroxylation is 1. The number of hydrogen-bond donors (Lipinski definition) is 10. The number of imide groups is 1. The second kappa shape index (κ2) is 28.4. The van der Waals surface area contributed by atoms with Gasteiger partial charge in [-0.3, -0.25) is 57.6 Å². The van der Waals surface area contributed by atoms with Crippen LogP contribution in [0.5, 0.6) is 0 Å². The number of hydrogen-bond acceptors (Lipinski definition) is 17. The fourth-order valence-corrected chi connectivity index (χ4v) is 13.1. The predicted octanol–water partition coefficient (Wildman–Crippen LogP) is 1.73. The Bertz CT molecular complexity index is 3580. The average Bonchev–Trinajstić information content (AvgIpc) is 1.41. The van der Waals surface area contributed by atoms with Crippen molar-refractivity contribution in [3.63, 3.8) is 0 Å². The zero-order valence-corrected chi connectivity index (χ0v) is 51.9. The normalized spacial score (nSPS) is 21.3. The lowest BCUT2D eigenvalue weighted by Crippen LogP contribution is -2.57. The SMILES string of the molecule is CCC(C)(CC)C1CC(=O)N([C@@H](CNC(CCC(=O)O)C(=O)O)C(=O)NCC(=O)NCC(=O)N[C@@H](Cc2ccccc2)C(=O)NCC(=O)NCO[C@H](C(=O)N[C@H]2CCc3c(C)c(F)cc4nc5c(c2c34)CC2CC(=O)C3=C(C=C52)[C@@](O)(CC)C(=O)OC3)C2CC2)C1=O. The summed E-state index contributed by atoms with van der Waals surface area (Å²) in [4.78, 5) is 165. The molecule has 1 aromatic heterocycles. The Labute approximate surface area is 529 Å². The number of nitrogens with zero attached hydrogens (tertiary/aromatic N) is 2. The molecule has 3 unspecified atom stereocenters. The minimum Gasteiger partial charge on any atom is -0.481 e. The van der Waals surface area contributed by atoms with E-state index in [1.54, 1.807) is 50.3 Å². The van der Waals surface area contributed by atoms with Crippen LogP contribution in [0.25, 0.3) is 16.5 Å². The molecule has 3 heterocycles. The van der Waals surface area contributed by atoms with Crippen molar-refractivity contribution in [2.75, 3.05) is 39.5 Å². The number of carboxylic acids is 2. The molecular weight excluding hydrogens is 1200 g/mol. The van der Waals surface area contributed by atoms with E-state index in [0.717, 1.165) is 21.6 Å². The number of halogens is 1. The molecule has 4 aliphatic carbocycles. The van der Waals surface area contributed by atoms with Gasteiger partial charge in [-0.25, -0.2) is 14.2 Å². The number of rotatable bonds is 29. The van der Waals surface area contributed by atoms with Crippen LogP contribution in [0.2, 0.25) is 0 Å². The van der Waals surface area contributed by atoms with Gasteiger partial charge in [0.05, 0.1) is 42.8 Å². The van der Waals surface area contributed by atoms with Crippen LogP contribution in [0.1, 0.15) is 131 Å². The van der Waals surface area contributed by atoms with Gasteiger partial charge in [-0.1, -0.05) is 58.0 Å². The number of carbonyl (C=O) groups is 12. The van der Waals surface area contributed by atoms with Crippen LogP contribution in [0.15, 0.2) is 53.6 Å². The average molecular weight is 1280 g/mol. The number of aliphatic carboxylic acids is 2. The van der Waals surface area contributed by atoms with Gasteiger partial charge < -0.3 is 62.0 Å².